The van der Waals surface area contributed by atoms with Crippen molar-refractivity contribution in [2.45, 2.75) is 26.4 Å². The summed E-state index contributed by atoms with van der Waals surface area (Å²) in [5, 5.41) is 9.42. The van der Waals surface area contributed by atoms with Crippen molar-refractivity contribution < 1.29 is 5.11 Å². The molecule has 0 aromatic heterocycles. The Morgan fingerprint density at radius 3 is 2.00 bits per heavy atom. The van der Waals surface area contributed by atoms with E-state index in [1.807, 2.05) is 13.0 Å². The lowest BCUT2D eigenvalue weighted by Gasteiger charge is -2.17. The molecule has 1 heteroatoms. The van der Waals surface area contributed by atoms with Crippen LogP contribution in [0.15, 0.2) is 36.5 Å². The minimum atomic E-state index is -0.827. The van der Waals surface area contributed by atoms with Crippen LogP contribution >= 0.6 is 0 Å². The van der Waals surface area contributed by atoms with Gasteiger partial charge in [-0.25, -0.2) is 0 Å². The van der Waals surface area contributed by atoms with Crippen molar-refractivity contribution >= 4 is 0 Å². The fraction of sp³-hybridized carbons (Fsp3) is 0.400. The van der Waals surface area contributed by atoms with Crippen LogP contribution in [0.2, 0.25) is 0 Å². The molecular weight excluding hydrogens is 136 g/mol. The maximum atomic E-state index is 9.42. The molecule has 0 aliphatic rings. The Balaban J connectivity index is 4.20. The molecule has 0 spiro atoms. The molecule has 0 aliphatic heterocycles. The summed E-state index contributed by atoms with van der Waals surface area (Å²) in [7, 11) is 0. The summed E-state index contributed by atoms with van der Waals surface area (Å²) in [4.78, 5) is 0. The van der Waals surface area contributed by atoms with Gasteiger partial charge in [0.15, 0.2) is 0 Å². The van der Waals surface area contributed by atoms with Gasteiger partial charge in [0.25, 0.3) is 0 Å². The van der Waals surface area contributed by atoms with Crippen molar-refractivity contribution in [1.82, 2.24) is 0 Å². The van der Waals surface area contributed by atoms with E-state index in [0.29, 0.717) is 5.57 Å². The Hall–Kier alpha value is -0.820. The third-order valence-electron chi connectivity index (χ3n) is 1.35. The summed E-state index contributed by atoms with van der Waals surface area (Å²) >= 11 is 0. The third-order valence-corrected chi connectivity index (χ3v) is 1.35. The molecule has 0 unspecified atom stereocenters. The number of allylic oxidation sites excluding steroid dienone is 2. The molecule has 0 radical (unpaired) electrons. The summed E-state index contributed by atoms with van der Waals surface area (Å²) in [6, 6.07) is 0. The second-order valence-corrected chi connectivity index (χ2v) is 3.26. The fourth-order valence-electron chi connectivity index (χ4n) is 0.447. The Labute approximate surface area is 68.7 Å². The number of rotatable bonds is 3. The summed E-state index contributed by atoms with van der Waals surface area (Å²) in [6.07, 6.45) is 3.61. The molecule has 0 amide bonds. The molecular formula is C10H16O. The minimum absolute atomic E-state index is 0.695. The largest absolute Gasteiger partial charge is 0.386 e. The van der Waals surface area contributed by atoms with E-state index >= 15 is 0 Å². The third kappa shape index (κ3) is 4.57. The van der Waals surface area contributed by atoms with Gasteiger partial charge >= 0.3 is 0 Å². The average Bonchev–Trinajstić information content (AvgIpc) is 1.80. The maximum Gasteiger partial charge on any atom is 0.0834 e. The van der Waals surface area contributed by atoms with Crippen LogP contribution in [0.5, 0.6) is 0 Å². The standard InChI is InChI=1S/C10H16O/c1-8(2)6-7-9(3)10(4,5)11/h6-7,11H,1,3H2,2,4-5H3/b7-6+. The van der Waals surface area contributed by atoms with E-state index in [1.54, 1.807) is 19.9 Å². The monoisotopic (exact) mass is 152 g/mol. The van der Waals surface area contributed by atoms with Crippen molar-refractivity contribution in [3.8, 4) is 0 Å². The Morgan fingerprint density at radius 2 is 1.73 bits per heavy atom. The number of hydrogen-bond acceptors (Lipinski definition) is 1. The normalized spacial score (nSPS) is 12.0. The van der Waals surface area contributed by atoms with Gasteiger partial charge in [-0.05, 0) is 26.3 Å². The van der Waals surface area contributed by atoms with Gasteiger partial charge in [-0.1, -0.05) is 30.9 Å². The lowest BCUT2D eigenvalue weighted by atomic mass is 9.99. The first-order valence-corrected chi connectivity index (χ1v) is 3.59. The predicted octanol–water partition coefficient (Wildman–Crippen LogP) is 2.45. The first-order valence-electron chi connectivity index (χ1n) is 3.59. The van der Waals surface area contributed by atoms with Crippen molar-refractivity contribution in [1.29, 1.82) is 0 Å². The SMILES string of the molecule is C=C(C)/C=C/C(=C)C(C)(C)O. The van der Waals surface area contributed by atoms with Gasteiger partial charge in [0, 0.05) is 0 Å². The summed E-state index contributed by atoms with van der Waals surface area (Å²) < 4.78 is 0. The molecule has 1 N–H and O–H groups in total. The molecule has 0 saturated carbocycles. The molecule has 0 aromatic carbocycles. The smallest absolute Gasteiger partial charge is 0.0834 e. The van der Waals surface area contributed by atoms with Crippen LogP contribution in [0.3, 0.4) is 0 Å². The summed E-state index contributed by atoms with van der Waals surface area (Å²) in [5.74, 6) is 0. The van der Waals surface area contributed by atoms with Gasteiger partial charge in [-0.15, -0.1) is 0 Å². The highest BCUT2D eigenvalue weighted by atomic mass is 16.3. The van der Waals surface area contributed by atoms with Gasteiger partial charge in [-0.2, -0.15) is 0 Å². The molecule has 11 heavy (non-hydrogen) atoms. The van der Waals surface area contributed by atoms with E-state index in [9.17, 15) is 5.11 Å². The molecule has 0 aromatic rings. The van der Waals surface area contributed by atoms with E-state index in [1.165, 1.54) is 0 Å². The Kier molecular flexibility index (Phi) is 3.27. The van der Waals surface area contributed by atoms with Crippen LogP contribution in [0.4, 0.5) is 0 Å². The zero-order valence-corrected chi connectivity index (χ0v) is 7.52. The van der Waals surface area contributed by atoms with Gasteiger partial charge in [0.05, 0.1) is 5.60 Å². The Bertz CT molecular complexity index is 191. The number of hydrogen-bond donors (Lipinski definition) is 1. The summed E-state index contributed by atoms with van der Waals surface area (Å²) in [6.45, 7) is 12.7. The molecule has 1 nitrogen and oxygen atoms in total. The topological polar surface area (TPSA) is 20.2 Å². The van der Waals surface area contributed by atoms with Crippen LogP contribution in [0, 0.1) is 0 Å². The lowest BCUT2D eigenvalue weighted by Crippen LogP contribution is -2.19. The van der Waals surface area contributed by atoms with Crippen molar-refractivity contribution in [3.05, 3.63) is 36.5 Å². The van der Waals surface area contributed by atoms with E-state index < -0.39 is 5.60 Å². The van der Waals surface area contributed by atoms with Gasteiger partial charge in [0.2, 0.25) is 0 Å². The second-order valence-electron chi connectivity index (χ2n) is 3.26. The molecule has 0 heterocycles. The highest BCUT2D eigenvalue weighted by Crippen LogP contribution is 2.14. The summed E-state index contributed by atoms with van der Waals surface area (Å²) in [5.41, 5.74) is 0.822. The molecule has 0 fully saturated rings. The quantitative estimate of drug-likeness (QED) is 0.616. The molecule has 0 bridgehead atoms. The van der Waals surface area contributed by atoms with Gasteiger partial charge < -0.3 is 5.11 Å². The van der Waals surface area contributed by atoms with Gasteiger partial charge in [0.1, 0.15) is 0 Å². The average molecular weight is 152 g/mol. The zero-order chi connectivity index (χ0) is 9.07. The molecule has 0 atom stereocenters. The van der Waals surface area contributed by atoms with E-state index in [2.05, 4.69) is 13.2 Å². The lowest BCUT2D eigenvalue weighted by molar-refractivity contribution is 0.124. The first kappa shape index (κ1) is 10.2. The van der Waals surface area contributed by atoms with Crippen LogP contribution in [0.1, 0.15) is 20.8 Å². The van der Waals surface area contributed by atoms with Crippen LogP contribution in [-0.2, 0) is 0 Å². The van der Waals surface area contributed by atoms with Crippen LogP contribution < -0.4 is 0 Å². The van der Waals surface area contributed by atoms with E-state index in [0.717, 1.165) is 5.57 Å². The van der Waals surface area contributed by atoms with Crippen LogP contribution in [-0.4, -0.2) is 10.7 Å². The maximum absolute atomic E-state index is 9.42. The van der Waals surface area contributed by atoms with Gasteiger partial charge in [-0.3, -0.25) is 0 Å². The second kappa shape index (κ2) is 3.54. The number of aliphatic hydroxyl groups is 1. The highest BCUT2D eigenvalue weighted by molar-refractivity contribution is 5.28. The van der Waals surface area contributed by atoms with Crippen molar-refractivity contribution in [2.75, 3.05) is 0 Å². The van der Waals surface area contributed by atoms with Crippen LogP contribution in [0.25, 0.3) is 0 Å². The molecule has 62 valence electrons. The zero-order valence-electron chi connectivity index (χ0n) is 7.52. The highest BCUT2D eigenvalue weighted by Gasteiger charge is 2.13. The molecule has 0 rings (SSSR count). The predicted molar refractivity (Wildman–Crippen MR) is 49.4 cm³/mol. The fourth-order valence-corrected chi connectivity index (χ4v) is 0.447. The molecule has 0 saturated heterocycles. The minimum Gasteiger partial charge on any atom is -0.386 e. The van der Waals surface area contributed by atoms with Crippen molar-refractivity contribution in [2.24, 2.45) is 0 Å². The van der Waals surface area contributed by atoms with E-state index in [-0.39, 0.29) is 0 Å². The Morgan fingerprint density at radius 1 is 1.27 bits per heavy atom. The first-order chi connectivity index (χ1) is 4.84. The molecule has 0 aliphatic carbocycles. The van der Waals surface area contributed by atoms with E-state index in [4.69, 9.17) is 0 Å². The van der Waals surface area contributed by atoms with Crippen molar-refractivity contribution in [3.63, 3.8) is 0 Å².